The molecule has 4 nitrogen and oxygen atoms in total. The van der Waals surface area contributed by atoms with Crippen molar-refractivity contribution in [1.82, 2.24) is 10.0 Å². The molecule has 1 aromatic carbocycles. The monoisotopic (exact) mass is 314 g/mol. The standard InChI is InChI=1S/C15H23FN2O2S/c1-3-17-10-13-9-14(8-11(2)15(13)16)21(19,20)18-7-6-12-4-5-12/h8-9,12,17-18H,3-7,10H2,1-2H3. The summed E-state index contributed by atoms with van der Waals surface area (Å²) >= 11 is 0. The summed E-state index contributed by atoms with van der Waals surface area (Å²) in [4.78, 5) is 0.144. The second-order valence-electron chi connectivity index (χ2n) is 5.62. The van der Waals surface area contributed by atoms with Crippen LogP contribution < -0.4 is 10.0 Å². The van der Waals surface area contributed by atoms with Crippen LogP contribution in [0.3, 0.4) is 0 Å². The summed E-state index contributed by atoms with van der Waals surface area (Å²) in [6.07, 6.45) is 3.28. The highest BCUT2D eigenvalue weighted by Gasteiger charge is 2.23. The van der Waals surface area contributed by atoms with Gasteiger partial charge in [-0.15, -0.1) is 0 Å². The fraction of sp³-hybridized carbons (Fsp3) is 0.600. The maximum absolute atomic E-state index is 14.0. The maximum Gasteiger partial charge on any atom is 0.240 e. The van der Waals surface area contributed by atoms with Crippen molar-refractivity contribution in [2.75, 3.05) is 13.1 Å². The number of hydrogen-bond acceptors (Lipinski definition) is 3. The molecule has 0 unspecified atom stereocenters. The molecule has 2 rings (SSSR count). The van der Waals surface area contributed by atoms with E-state index in [2.05, 4.69) is 10.0 Å². The quantitative estimate of drug-likeness (QED) is 0.774. The van der Waals surface area contributed by atoms with E-state index < -0.39 is 10.0 Å². The second kappa shape index (κ2) is 6.85. The van der Waals surface area contributed by atoms with Crippen LogP contribution in [-0.2, 0) is 16.6 Å². The molecule has 118 valence electrons. The highest BCUT2D eigenvalue weighted by Crippen LogP contribution is 2.31. The van der Waals surface area contributed by atoms with E-state index >= 15 is 0 Å². The molecule has 1 saturated carbocycles. The number of sulfonamides is 1. The summed E-state index contributed by atoms with van der Waals surface area (Å²) in [6.45, 7) is 4.99. The van der Waals surface area contributed by atoms with E-state index in [1.165, 1.54) is 25.0 Å². The Bertz CT molecular complexity index is 598. The summed E-state index contributed by atoms with van der Waals surface area (Å²) in [5.41, 5.74) is 0.743. The number of halogens is 1. The number of hydrogen-bond donors (Lipinski definition) is 2. The van der Waals surface area contributed by atoms with Crippen LogP contribution in [0.5, 0.6) is 0 Å². The third-order valence-electron chi connectivity index (χ3n) is 3.72. The highest BCUT2D eigenvalue weighted by atomic mass is 32.2. The fourth-order valence-corrected chi connectivity index (χ4v) is 3.42. The minimum Gasteiger partial charge on any atom is -0.313 e. The SMILES string of the molecule is CCNCc1cc(S(=O)(=O)NCCC2CC2)cc(C)c1F. The van der Waals surface area contributed by atoms with E-state index in [1.807, 2.05) is 6.92 Å². The molecule has 0 saturated heterocycles. The molecule has 6 heteroatoms. The summed E-state index contributed by atoms with van der Waals surface area (Å²) in [7, 11) is -3.56. The molecule has 0 bridgehead atoms. The van der Waals surface area contributed by atoms with Gasteiger partial charge >= 0.3 is 0 Å². The van der Waals surface area contributed by atoms with Crippen LogP contribution in [0.15, 0.2) is 17.0 Å². The molecule has 1 fully saturated rings. The first-order chi connectivity index (χ1) is 9.94. The van der Waals surface area contributed by atoms with Crippen LogP contribution in [0.2, 0.25) is 0 Å². The van der Waals surface area contributed by atoms with E-state index in [4.69, 9.17) is 0 Å². The van der Waals surface area contributed by atoms with Gasteiger partial charge in [-0.05, 0) is 43.5 Å². The van der Waals surface area contributed by atoms with Gasteiger partial charge in [-0.1, -0.05) is 19.8 Å². The van der Waals surface area contributed by atoms with Crippen molar-refractivity contribution in [3.63, 3.8) is 0 Å². The number of rotatable bonds is 8. The van der Waals surface area contributed by atoms with Crippen molar-refractivity contribution in [1.29, 1.82) is 0 Å². The van der Waals surface area contributed by atoms with E-state index in [-0.39, 0.29) is 10.7 Å². The number of aryl methyl sites for hydroxylation is 1. The van der Waals surface area contributed by atoms with Gasteiger partial charge in [0.05, 0.1) is 4.90 Å². The van der Waals surface area contributed by atoms with E-state index in [0.29, 0.717) is 36.7 Å². The Labute approximate surface area is 126 Å². The molecule has 21 heavy (non-hydrogen) atoms. The first-order valence-electron chi connectivity index (χ1n) is 7.43. The number of benzene rings is 1. The lowest BCUT2D eigenvalue weighted by Gasteiger charge is -2.11. The molecular weight excluding hydrogens is 291 g/mol. The van der Waals surface area contributed by atoms with E-state index in [1.54, 1.807) is 6.92 Å². The number of nitrogens with one attached hydrogen (secondary N) is 2. The molecule has 0 aromatic heterocycles. The van der Waals surface area contributed by atoms with Crippen molar-refractivity contribution >= 4 is 10.0 Å². The summed E-state index contributed by atoms with van der Waals surface area (Å²) in [5, 5.41) is 3.02. The highest BCUT2D eigenvalue weighted by molar-refractivity contribution is 7.89. The maximum atomic E-state index is 14.0. The van der Waals surface area contributed by atoms with Crippen molar-refractivity contribution in [3.8, 4) is 0 Å². The predicted octanol–water partition coefficient (Wildman–Crippen LogP) is 2.32. The first-order valence-corrected chi connectivity index (χ1v) is 8.91. The Balaban J connectivity index is 2.14. The van der Waals surface area contributed by atoms with Gasteiger partial charge in [-0.25, -0.2) is 17.5 Å². The van der Waals surface area contributed by atoms with Crippen molar-refractivity contribution in [2.45, 2.75) is 44.6 Å². The zero-order valence-electron chi connectivity index (χ0n) is 12.6. The normalized spacial score (nSPS) is 15.4. The van der Waals surface area contributed by atoms with Gasteiger partial charge < -0.3 is 5.32 Å². The Morgan fingerprint density at radius 1 is 1.33 bits per heavy atom. The molecule has 0 aliphatic heterocycles. The smallest absolute Gasteiger partial charge is 0.240 e. The lowest BCUT2D eigenvalue weighted by Crippen LogP contribution is -2.25. The predicted molar refractivity (Wildman–Crippen MR) is 81.0 cm³/mol. The van der Waals surface area contributed by atoms with Gasteiger partial charge in [0.15, 0.2) is 0 Å². The van der Waals surface area contributed by atoms with Crippen LogP contribution in [0.25, 0.3) is 0 Å². The van der Waals surface area contributed by atoms with Gasteiger partial charge in [-0.2, -0.15) is 0 Å². The summed E-state index contributed by atoms with van der Waals surface area (Å²) in [5.74, 6) is 0.333. The molecule has 0 heterocycles. The molecule has 0 radical (unpaired) electrons. The van der Waals surface area contributed by atoms with Crippen molar-refractivity contribution in [2.24, 2.45) is 5.92 Å². The van der Waals surface area contributed by atoms with Crippen LogP contribution in [0.4, 0.5) is 4.39 Å². The fourth-order valence-electron chi connectivity index (χ4n) is 2.24. The third-order valence-corrected chi connectivity index (χ3v) is 5.16. The first kappa shape index (κ1) is 16.4. The van der Waals surface area contributed by atoms with Gasteiger partial charge in [0.1, 0.15) is 5.82 Å². The van der Waals surface area contributed by atoms with Gasteiger partial charge in [0.25, 0.3) is 0 Å². The molecule has 0 atom stereocenters. The van der Waals surface area contributed by atoms with Crippen molar-refractivity contribution in [3.05, 3.63) is 29.1 Å². The van der Waals surface area contributed by atoms with E-state index in [0.717, 1.165) is 6.42 Å². The minimum atomic E-state index is -3.56. The van der Waals surface area contributed by atoms with Crippen LogP contribution in [0.1, 0.15) is 37.3 Å². The Morgan fingerprint density at radius 3 is 2.67 bits per heavy atom. The van der Waals surface area contributed by atoms with Crippen LogP contribution in [0, 0.1) is 18.7 Å². The van der Waals surface area contributed by atoms with Crippen LogP contribution in [-0.4, -0.2) is 21.5 Å². The largest absolute Gasteiger partial charge is 0.313 e. The molecule has 1 aromatic rings. The van der Waals surface area contributed by atoms with Crippen molar-refractivity contribution < 1.29 is 12.8 Å². The lowest BCUT2D eigenvalue weighted by molar-refractivity contribution is 0.569. The Hall–Kier alpha value is -0.980. The average molecular weight is 314 g/mol. The molecular formula is C15H23FN2O2S. The molecule has 0 spiro atoms. The third kappa shape index (κ3) is 4.49. The second-order valence-corrected chi connectivity index (χ2v) is 7.39. The summed E-state index contributed by atoms with van der Waals surface area (Å²) in [6, 6.07) is 2.81. The Morgan fingerprint density at radius 2 is 2.05 bits per heavy atom. The van der Waals surface area contributed by atoms with Gasteiger partial charge in [0, 0.05) is 18.7 Å². The average Bonchev–Trinajstić information content (AvgIpc) is 3.24. The molecule has 0 amide bonds. The van der Waals surface area contributed by atoms with E-state index in [9.17, 15) is 12.8 Å². The zero-order chi connectivity index (χ0) is 15.5. The Kier molecular flexibility index (Phi) is 5.35. The van der Waals surface area contributed by atoms with Gasteiger partial charge in [-0.3, -0.25) is 0 Å². The minimum absolute atomic E-state index is 0.144. The lowest BCUT2D eigenvalue weighted by atomic mass is 10.1. The van der Waals surface area contributed by atoms with Gasteiger partial charge in [0.2, 0.25) is 10.0 Å². The topological polar surface area (TPSA) is 58.2 Å². The molecule has 1 aliphatic carbocycles. The zero-order valence-corrected chi connectivity index (χ0v) is 13.4. The molecule has 1 aliphatic rings. The molecule has 2 N–H and O–H groups in total. The van der Waals surface area contributed by atoms with Crippen LogP contribution >= 0.6 is 0 Å². The summed E-state index contributed by atoms with van der Waals surface area (Å²) < 4.78 is 41.1.